The summed E-state index contributed by atoms with van der Waals surface area (Å²) in [6.45, 7) is 1.55. The predicted molar refractivity (Wildman–Crippen MR) is 123 cm³/mol. The molecule has 0 spiro atoms. The van der Waals surface area contributed by atoms with Crippen molar-refractivity contribution in [1.29, 1.82) is 0 Å². The average Bonchev–Trinajstić information content (AvgIpc) is 3.17. The molecule has 2 aliphatic rings. The van der Waals surface area contributed by atoms with E-state index >= 15 is 0 Å². The van der Waals surface area contributed by atoms with Crippen molar-refractivity contribution in [3.63, 3.8) is 0 Å². The highest BCUT2D eigenvalue weighted by Gasteiger charge is 2.52. The number of aliphatic hydroxyl groups excluding tert-OH is 1. The quantitative estimate of drug-likeness (QED) is 0.655. The largest absolute Gasteiger partial charge is 0.396 e. The van der Waals surface area contributed by atoms with Crippen LogP contribution in [0.4, 0.5) is 0 Å². The topological polar surface area (TPSA) is 52.6 Å². The van der Waals surface area contributed by atoms with Gasteiger partial charge >= 0.3 is 0 Å². The van der Waals surface area contributed by atoms with Gasteiger partial charge in [-0.2, -0.15) is 0 Å². The first-order chi connectivity index (χ1) is 15.3. The summed E-state index contributed by atoms with van der Waals surface area (Å²) in [4.78, 5) is 16.0. The van der Waals surface area contributed by atoms with Crippen LogP contribution in [0.5, 0.6) is 0 Å². The average molecular weight is 415 g/mol. The molecule has 0 unspecified atom stereocenters. The van der Waals surface area contributed by atoms with E-state index in [2.05, 4.69) is 52.7 Å². The Morgan fingerprint density at radius 3 is 2.55 bits per heavy atom. The van der Waals surface area contributed by atoms with E-state index in [1.54, 1.807) is 0 Å². The Morgan fingerprint density at radius 2 is 1.74 bits per heavy atom. The number of benzene rings is 3. The number of aliphatic hydroxyl groups is 1. The third kappa shape index (κ3) is 3.86. The van der Waals surface area contributed by atoms with Gasteiger partial charge in [-0.15, -0.1) is 0 Å². The van der Waals surface area contributed by atoms with Crippen LogP contribution in [0, 0.1) is 11.8 Å². The molecule has 0 saturated carbocycles. The van der Waals surface area contributed by atoms with Crippen molar-refractivity contribution in [2.24, 2.45) is 11.8 Å². The molecule has 1 amide bonds. The number of carbonyl (C=O) groups is 1. The van der Waals surface area contributed by atoms with E-state index in [4.69, 9.17) is 0 Å². The fraction of sp³-hybridized carbons (Fsp3) is 0.370. The highest BCUT2D eigenvalue weighted by molar-refractivity contribution is 5.84. The van der Waals surface area contributed by atoms with E-state index in [-0.39, 0.29) is 36.4 Å². The van der Waals surface area contributed by atoms with Gasteiger partial charge in [-0.3, -0.25) is 9.69 Å². The van der Waals surface area contributed by atoms with Crippen molar-refractivity contribution in [3.05, 3.63) is 83.9 Å². The van der Waals surface area contributed by atoms with E-state index in [9.17, 15) is 9.90 Å². The molecule has 0 radical (unpaired) electrons. The van der Waals surface area contributed by atoms with Crippen molar-refractivity contribution in [2.45, 2.75) is 37.9 Å². The molecule has 5 rings (SSSR count). The second kappa shape index (κ2) is 8.81. The lowest BCUT2D eigenvalue weighted by Gasteiger charge is -2.35. The molecule has 4 nitrogen and oxygen atoms in total. The maximum atomic E-state index is 13.5. The van der Waals surface area contributed by atoms with E-state index < -0.39 is 0 Å². The van der Waals surface area contributed by atoms with Crippen LogP contribution in [-0.2, 0) is 11.3 Å². The summed E-state index contributed by atoms with van der Waals surface area (Å²) >= 11 is 0. The van der Waals surface area contributed by atoms with Crippen LogP contribution in [0.2, 0.25) is 0 Å². The molecular weight excluding hydrogens is 384 g/mol. The highest BCUT2D eigenvalue weighted by atomic mass is 16.3. The van der Waals surface area contributed by atoms with Crippen LogP contribution >= 0.6 is 0 Å². The third-order valence-electron chi connectivity index (χ3n) is 7.18. The molecule has 3 aromatic carbocycles. The smallest absolute Gasteiger partial charge is 0.225 e. The summed E-state index contributed by atoms with van der Waals surface area (Å²) in [5.74, 6) is -0.235. The number of rotatable bonds is 5. The minimum absolute atomic E-state index is 0.00262. The zero-order valence-electron chi connectivity index (χ0n) is 17.8. The Bertz CT molecular complexity index is 1050. The second-order valence-corrected chi connectivity index (χ2v) is 8.93. The van der Waals surface area contributed by atoms with Crippen LogP contribution < -0.4 is 5.32 Å². The minimum Gasteiger partial charge on any atom is -0.396 e. The lowest BCUT2D eigenvalue weighted by atomic mass is 9.82. The predicted octanol–water partition coefficient (Wildman–Crippen LogP) is 4.29. The SMILES string of the molecule is O=C(NCc1ccccc1)[C@@H]1[C@H](CO)[C@H]2CCCCN2[C@@H]1c1ccc2ccccc2c1. The monoisotopic (exact) mass is 414 g/mol. The van der Waals surface area contributed by atoms with Gasteiger partial charge in [-0.25, -0.2) is 0 Å². The van der Waals surface area contributed by atoms with Crippen molar-refractivity contribution < 1.29 is 9.90 Å². The van der Waals surface area contributed by atoms with Gasteiger partial charge in [0.1, 0.15) is 0 Å². The number of hydrogen-bond donors (Lipinski definition) is 2. The van der Waals surface area contributed by atoms with Gasteiger partial charge in [0.2, 0.25) is 5.91 Å². The van der Waals surface area contributed by atoms with E-state index in [1.807, 2.05) is 30.3 Å². The Hall–Kier alpha value is -2.69. The number of piperidine rings is 1. The van der Waals surface area contributed by atoms with Gasteiger partial charge < -0.3 is 10.4 Å². The normalized spacial score (nSPS) is 26.0. The zero-order valence-corrected chi connectivity index (χ0v) is 17.8. The summed E-state index contributed by atoms with van der Waals surface area (Å²) < 4.78 is 0. The van der Waals surface area contributed by atoms with Gasteiger partial charge in [-0.05, 0) is 47.4 Å². The van der Waals surface area contributed by atoms with Crippen molar-refractivity contribution in [1.82, 2.24) is 10.2 Å². The van der Waals surface area contributed by atoms with Gasteiger partial charge in [0.25, 0.3) is 0 Å². The Balaban J connectivity index is 1.49. The van der Waals surface area contributed by atoms with Gasteiger partial charge in [0, 0.05) is 31.2 Å². The maximum Gasteiger partial charge on any atom is 0.225 e. The number of nitrogens with one attached hydrogen (secondary N) is 1. The molecule has 2 fully saturated rings. The van der Waals surface area contributed by atoms with Crippen LogP contribution in [0.25, 0.3) is 10.8 Å². The van der Waals surface area contributed by atoms with Crippen LogP contribution in [-0.4, -0.2) is 35.1 Å². The molecule has 4 atom stereocenters. The highest BCUT2D eigenvalue weighted by Crippen LogP contribution is 2.48. The van der Waals surface area contributed by atoms with Crippen LogP contribution in [0.1, 0.15) is 36.4 Å². The number of hydrogen-bond acceptors (Lipinski definition) is 3. The standard InChI is InChI=1S/C27H30N2O2/c30-18-23-24-12-6-7-15-29(24)26(22-14-13-20-10-4-5-11-21(20)16-22)25(23)27(31)28-17-19-8-2-1-3-9-19/h1-5,8-11,13-14,16,23-26,30H,6-7,12,15,17-18H2,(H,28,31)/t23-,24-,25-,26-/m1/s1. The van der Waals surface area contributed by atoms with E-state index in [1.165, 1.54) is 22.8 Å². The molecule has 2 N–H and O–H groups in total. The number of nitrogens with zero attached hydrogens (tertiary/aromatic N) is 1. The Kier molecular flexibility index (Phi) is 5.75. The molecule has 2 aliphatic heterocycles. The fourth-order valence-corrected chi connectivity index (χ4v) is 5.73. The number of amides is 1. The number of fused-ring (bicyclic) bond motifs is 2. The first-order valence-corrected chi connectivity index (χ1v) is 11.4. The first-order valence-electron chi connectivity index (χ1n) is 11.4. The Labute approximate surface area is 183 Å². The van der Waals surface area contributed by atoms with Gasteiger partial charge in [0.15, 0.2) is 0 Å². The second-order valence-electron chi connectivity index (χ2n) is 8.93. The van der Waals surface area contributed by atoms with Crippen LogP contribution in [0.15, 0.2) is 72.8 Å². The molecule has 2 saturated heterocycles. The van der Waals surface area contributed by atoms with Gasteiger partial charge in [0.05, 0.1) is 5.92 Å². The summed E-state index contributed by atoms with van der Waals surface area (Å²) in [5.41, 5.74) is 2.27. The molecule has 0 bridgehead atoms. The minimum atomic E-state index is -0.252. The maximum absolute atomic E-state index is 13.5. The summed E-state index contributed by atoms with van der Waals surface area (Å²) in [6, 6.07) is 25.2. The lowest BCUT2D eigenvalue weighted by Crippen LogP contribution is -2.39. The molecule has 0 aliphatic carbocycles. The van der Waals surface area contributed by atoms with Gasteiger partial charge in [-0.1, -0.05) is 73.2 Å². The van der Waals surface area contributed by atoms with E-state index in [0.29, 0.717) is 6.54 Å². The molecule has 4 heteroatoms. The van der Waals surface area contributed by atoms with Crippen LogP contribution in [0.3, 0.4) is 0 Å². The molecule has 31 heavy (non-hydrogen) atoms. The molecule has 2 heterocycles. The van der Waals surface area contributed by atoms with E-state index in [0.717, 1.165) is 24.9 Å². The zero-order chi connectivity index (χ0) is 21.2. The Morgan fingerprint density at radius 1 is 0.968 bits per heavy atom. The molecule has 0 aromatic heterocycles. The van der Waals surface area contributed by atoms with Crippen molar-refractivity contribution in [3.8, 4) is 0 Å². The summed E-state index contributed by atoms with van der Waals surface area (Å²) in [5, 5.41) is 15.9. The van der Waals surface area contributed by atoms with Crippen molar-refractivity contribution >= 4 is 16.7 Å². The molecule has 3 aromatic rings. The third-order valence-corrected chi connectivity index (χ3v) is 7.18. The fourth-order valence-electron chi connectivity index (χ4n) is 5.73. The summed E-state index contributed by atoms with van der Waals surface area (Å²) in [7, 11) is 0. The first kappa shape index (κ1) is 20.2. The number of carbonyl (C=O) groups excluding carboxylic acids is 1. The summed E-state index contributed by atoms with van der Waals surface area (Å²) in [6.07, 6.45) is 3.37. The van der Waals surface area contributed by atoms with Crippen molar-refractivity contribution in [2.75, 3.05) is 13.2 Å². The molecular formula is C27H30N2O2. The molecule has 160 valence electrons. The lowest BCUT2D eigenvalue weighted by molar-refractivity contribution is -0.127.